The van der Waals surface area contributed by atoms with Crippen molar-refractivity contribution in [2.24, 2.45) is 4.99 Å². The van der Waals surface area contributed by atoms with Crippen molar-refractivity contribution in [3.8, 4) is 11.5 Å². The van der Waals surface area contributed by atoms with Crippen molar-refractivity contribution < 1.29 is 19.0 Å². The van der Waals surface area contributed by atoms with Crippen LogP contribution in [0.25, 0.3) is 22.5 Å². The minimum Gasteiger partial charge on any atom is -0.490 e. The molecule has 240 valence electrons. The molecule has 1 aliphatic heterocycles. The minimum atomic E-state index is -0.679. The van der Waals surface area contributed by atoms with Gasteiger partial charge in [0.1, 0.15) is 12.6 Å². The van der Waals surface area contributed by atoms with Gasteiger partial charge in [0.2, 0.25) is 0 Å². The van der Waals surface area contributed by atoms with Crippen LogP contribution in [0.2, 0.25) is 0 Å². The Balaban J connectivity index is 1.30. The predicted molar refractivity (Wildman–Crippen MR) is 191 cm³/mol. The van der Waals surface area contributed by atoms with Crippen LogP contribution in [0.15, 0.2) is 124 Å². The van der Waals surface area contributed by atoms with E-state index >= 15 is 0 Å². The third kappa shape index (κ3) is 6.10. The van der Waals surface area contributed by atoms with E-state index in [4.69, 9.17) is 19.2 Å². The molecule has 48 heavy (non-hydrogen) atoms. The van der Waals surface area contributed by atoms with Crippen LogP contribution in [0, 0.1) is 0 Å². The molecule has 0 N–H and O–H groups in total. The first-order chi connectivity index (χ1) is 23.6. The van der Waals surface area contributed by atoms with Gasteiger partial charge in [0.15, 0.2) is 16.3 Å². The average molecular weight is 673 g/mol. The molecule has 1 atom stereocenters. The number of fused-ring (bicyclic) bond motifs is 2. The molecule has 0 fully saturated rings. The molecule has 9 heteroatoms. The number of aromatic nitrogens is 1. The van der Waals surface area contributed by atoms with Crippen LogP contribution in [-0.2, 0) is 16.1 Å². The topological polar surface area (TPSA) is 79.1 Å². The third-order valence-electron chi connectivity index (χ3n) is 8.01. The first kappa shape index (κ1) is 31.4. The smallest absolute Gasteiger partial charge is 0.338 e. The van der Waals surface area contributed by atoms with Gasteiger partial charge < -0.3 is 14.2 Å². The SMILES string of the molecule is CCOC(=O)C1=C(c2ccccc2)N=c2sc(=Cc3ccc(OCc4cccc5ccccc45)c(OCC)c3)c(=O)n2C1c1cccs1. The van der Waals surface area contributed by atoms with Crippen LogP contribution in [0.5, 0.6) is 11.5 Å². The molecule has 0 saturated carbocycles. The number of benzene rings is 4. The lowest BCUT2D eigenvalue weighted by molar-refractivity contribution is -0.138. The minimum absolute atomic E-state index is 0.204. The lowest BCUT2D eigenvalue weighted by Gasteiger charge is -2.24. The summed E-state index contributed by atoms with van der Waals surface area (Å²) in [5.41, 5.74) is 3.25. The lowest BCUT2D eigenvalue weighted by Crippen LogP contribution is -2.39. The van der Waals surface area contributed by atoms with Crippen LogP contribution in [-0.4, -0.2) is 23.8 Å². The zero-order valence-electron chi connectivity index (χ0n) is 26.4. The Morgan fingerprint density at radius 3 is 2.48 bits per heavy atom. The van der Waals surface area contributed by atoms with Crippen molar-refractivity contribution in [1.82, 2.24) is 4.57 Å². The second-order valence-corrected chi connectivity index (χ2v) is 13.0. The van der Waals surface area contributed by atoms with E-state index in [1.165, 1.54) is 22.7 Å². The summed E-state index contributed by atoms with van der Waals surface area (Å²) >= 11 is 2.77. The molecular formula is C39H32N2O5S2. The number of nitrogens with zero attached hydrogens (tertiary/aromatic N) is 2. The van der Waals surface area contributed by atoms with Crippen molar-refractivity contribution in [2.75, 3.05) is 13.2 Å². The molecule has 1 aliphatic rings. The van der Waals surface area contributed by atoms with Gasteiger partial charge in [0.05, 0.1) is 29.0 Å². The molecule has 1 unspecified atom stereocenters. The molecule has 2 aromatic heterocycles. The quantitative estimate of drug-likeness (QED) is 0.145. The number of esters is 1. The molecule has 0 saturated heterocycles. The predicted octanol–water partition coefficient (Wildman–Crippen LogP) is 7.13. The van der Waals surface area contributed by atoms with E-state index < -0.39 is 12.0 Å². The Kier molecular flexibility index (Phi) is 9.05. The highest BCUT2D eigenvalue weighted by atomic mass is 32.1. The maximum atomic E-state index is 14.2. The van der Waals surface area contributed by atoms with Crippen LogP contribution in [0.3, 0.4) is 0 Å². The largest absolute Gasteiger partial charge is 0.490 e. The summed E-state index contributed by atoms with van der Waals surface area (Å²) < 4.78 is 19.9. The maximum absolute atomic E-state index is 14.2. The monoisotopic (exact) mass is 672 g/mol. The second kappa shape index (κ2) is 13.9. The summed E-state index contributed by atoms with van der Waals surface area (Å²) in [4.78, 5) is 34.0. The van der Waals surface area contributed by atoms with Gasteiger partial charge in [-0.25, -0.2) is 9.79 Å². The zero-order valence-corrected chi connectivity index (χ0v) is 28.1. The van der Waals surface area contributed by atoms with Crippen molar-refractivity contribution >= 4 is 51.2 Å². The van der Waals surface area contributed by atoms with E-state index in [2.05, 4.69) is 24.3 Å². The molecular weight excluding hydrogens is 641 g/mol. The summed E-state index contributed by atoms with van der Waals surface area (Å²) in [6.07, 6.45) is 1.84. The van der Waals surface area contributed by atoms with E-state index in [0.717, 1.165) is 32.3 Å². The highest BCUT2D eigenvalue weighted by molar-refractivity contribution is 7.10. The highest BCUT2D eigenvalue weighted by Crippen LogP contribution is 2.37. The van der Waals surface area contributed by atoms with Crippen LogP contribution in [0.4, 0.5) is 0 Å². The molecule has 7 nitrogen and oxygen atoms in total. The molecule has 0 spiro atoms. The standard InChI is InChI=1S/C39H32N2O5S2/c1-3-44-31-22-25(19-20-30(31)46-24-28-16-10-15-26-12-8-9-17-29(26)28)23-33-37(42)41-36(32-18-11-21-47-32)34(38(43)45-4-2)35(40-39(41)48-33)27-13-6-5-7-14-27/h5-23,36H,3-4,24H2,1-2H3. The normalized spacial score (nSPS) is 14.5. The van der Waals surface area contributed by atoms with Gasteiger partial charge in [-0.15, -0.1) is 11.3 Å². The fourth-order valence-electron chi connectivity index (χ4n) is 5.88. The van der Waals surface area contributed by atoms with Crippen molar-refractivity contribution in [3.05, 3.63) is 155 Å². The molecule has 7 rings (SSSR count). The van der Waals surface area contributed by atoms with Crippen LogP contribution >= 0.6 is 22.7 Å². The Labute approximate surface area is 285 Å². The average Bonchev–Trinajstić information content (AvgIpc) is 3.76. The summed E-state index contributed by atoms with van der Waals surface area (Å²) in [6.45, 7) is 4.74. The Morgan fingerprint density at radius 2 is 1.69 bits per heavy atom. The fraction of sp³-hybridized carbons (Fsp3) is 0.154. The summed E-state index contributed by atoms with van der Waals surface area (Å²) in [6, 6.07) is 32.8. The number of ether oxygens (including phenoxy) is 3. The van der Waals surface area contributed by atoms with E-state index in [1.807, 2.05) is 97.2 Å². The number of hydrogen-bond donors (Lipinski definition) is 0. The molecule has 4 aromatic carbocycles. The summed E-state index contributed by atoms with van der Waals surface area (Å²) in [7, 11) is 0. The van der Waals surface area contributed by atoms with E-state index in [1.54, 1.807) is 11.5 Å². The zero-order chi connectivity index (χ0) is 33.0. The molecule has 0 radical (unpaired) electrons. The van der Waals surface area contributed by atoms with Gasteiger partial charge in [-0.2, -0.15) is 0 Å². The van der Waals surface area contributed by atoms with Gasteiger partial charge >= 0.3 is 5.97 Å². The van der Waals surface area contributed by atoms with Gasteiger partial charge in [-0.3, -0.25) is 9.36 Å². The van der Waals surface area contributed by atoms with Gasteiger partial charge in [-0.1, -0.05) is 96.3 Å². The third-order valence-corrected chi connectivity index (χ3v) is 9.92. The molecule has 6 aromatic rings. The van der Waals surface area contributed by atoms with Gasteiger partial charge in [-0.05, 0) is 65.4 Å². The first-order valence-corrected chi connectivity index (χ1v) is 17.4. The number of carbonyl (C=O) groups excluding carboxylic acids is 1. The van der Waals surface area contributed by atoms with Crippen LogP contribution in [0.1, 0.15) is 41.5 Å². The highest BCUT2D eigenvalue weighted by Gasteiger charge is 2.35. The number of thiophene rings is 1. The summed E-state index contributed by atoms with van der Waals surface area (Å²) in [5, 5.41) is 4.24. The Morgan fingerprint density at radius 1 is 0.875 bits per heavy atom. The fourth-order valence-corrected chi connectivity index (χ4v) is 7.71. The summed E-state index contributed by atoms with van der Waals surface area (Å²) in [5.74, 6) is 0.715. The van der Waals surface area contributed by atoms with Crippen molar-refractivity contribution in [3.63, 3.8) is 0 Å². The van der Waals surface area contributed by atoms with Gasteiger partial charge in [0, 0.05) is 10.4 Å². The van der Waals surface area contributed by atoms with Crippen molar-refractivity contribution in [2.45, 2.75) is 26.5 Å². The van der Waals surface area contributed by atoms with Crippen LogP contribution < -0.4 is 24.4 Å². The number of thiazole rings is 1. The first-order valence-electron chi connectivity index (χ1n) is 15.7. The number of rotatable bonds is 10. The number of hydrogen-bond acceptors (Lipinski definition) is 8. The van der Waals surface area contributed by atoms with E-state index in [9.17, 15) is 9.59 Å². The Hall–Kier alpha value is -5.25. The Bertz CT molecular complexity index is 2320. The van der Waals surface area contributed by atoms with E-state index in [-0.39, 0.29) is 12.2 Å². The van der Waals surface area contributed by atoms with Gasteiger partial charge in [0.25, 0.3) is 5.56 Å². The second-order valence-electron chi connectivity index (χ2n) is 11.0. The van der Waals surface area contributed by atoms with Crippen molar-refractivity contribution in [1.29, 1.82) is 0 Å². The molecule has 3 heterocycles. The molecule has 0 bridgehead atoms. The lowest BCUT2D eigenvalue weighted by atomic mass is 9.97. The molecule has 0 aliphatic carbocycles. The molecule has 0 amide bonds. The van der Waals surface area contributed by atoms with E-state index in [0.29, 0.717) is 45.3 Å². The maximum Gasteiger partial charge on any atom is 0.338 e. The number of carbonyl (C=O) groups is 1.